The summed E-state index contributed by atoms with van der Waals surface area (Å²) in [6, 6.07) is 0. The minimum absolute atomic E-state index is 0.617. The number of rotatable bonds is 5. The summed E-state index contributed by atoms with van der Waals surface area (Å²) >= 11 is 0. The fourth-order valence-corrected chi connectivity index (χ4v) is 2.11. The largest absolute Gasteiger partial charge is 0.366 e. The molecule has 0 aliphatic carbocycles. The maximum atomic E-state index is 11.3. The van der Waals surface area contributed by atoms with Crippen LogP contribution >= 0.6 is 0 Å². The Labute approximate surface area is 102 Å². The van der Waals surface area contributed by atoms with Crippen LogP contribution in [0.3, 0.4) is 0 Å². The lowest BCUT2D eigenvalue weighted by Crippen LogP contribution is -2.13. The van der Waals surface area contributed by atoms with Crippen LogP contribution in [-0.4, -0.2) is 41.8 Å². The summed E-state index contributed by atoms with van der Waals surface area (Å²) < 4.78 is 13.2. The van der Waals surface area contributed by atoms with E-state index in [4.69, 9.17) is 0 Å². The molecule has 0 spiro atoms. The monoisotopic (exact) mass is 253 g/mol. The van der Waals surface area contributed by atoms with Crippen molar-refractivity contribution in [1.29, 1.82) is 0 Å². The van der Waals surface area contributed by atoms with Gasteiger partial charge in [0, 0.05) is 41.2 Å². The number of nitrogens with one attached hydrogen (secondary N) is 1. The van der Waals surface area contributed by atoms with Gasteiger partial charge in [0.1, 0.15) is 5.82 Å². The number of hydrogen-bond acceptors (Lipinski definition) is 5. The molecular weight excluding hydrogens is 238 g/mol. The molecule has 0 amide bonds. The van der Waals surface area contributed by atoms with Gasteiger partial charge in [-0.1, -0.05) is 6.92 Å². The first-order valence-corrected chi connectivity index (χ1v) is 6.96. The lowest BCUT2D eigenvalue weighted by molar-refractivity contribution is 0.684. The van der Waals surface area contributed by atoms with Crippen LogP contribution in [0.25, 0.3) is 5.65 Å². The van der Waals surface area contributed by atoms with Crippen molar-refractivity contribution in [2.24, 2.45) is 0 Å². The lowest BCUT2D eigenvalue weighted by atomic mass is 10.5. The summed E-state index contributed by atoms with van der Waals surface area (Å²) in [5.41, 5.74) is 0.701. The summed E-state index contributed by atoms with van der Waals surface area (Å²) in [7, 11) is -0.762. The number of nitrogens with zero attached hydrogens (tertiary/aromatic N) is 4. The molecule has 0 fully saturated rings. The van der Waals surface area contributed by atoms with E-state index in [-0.39, 0.29) is 0 Å². The topological polar surface area (TPSA) is 72.2 Å². The van der Waals surface area contributed by atoms with Crippen LogP contribution in [0.1, 0.15) is 12.7 Å². The Morgan fingerprint density at radius 3 is 3.06 bits per heavy atom. The van der Waals surface area contributed by atoms with E-state index in [1.165, 1.54) is 0 Å². The van der Waals surface area contributed by atoms with Crippen molar-refractivity contribution in [3.05, 3.63) is 18.2 Å². The third-order valence-corrected chi connectivity index (χ3v) is 3.75. The van der Waals surface area contributed by atoms with Crippen LogP contribution in [0.15, 0.2) is 12.4 Å². The third-order valence-electron chi connectivity index (χ3n) is 2.44. The smallest absolute Gasteiger partial charge is 0.203 e. The summed E-state index contributed by atoms with van der Waals surface area (Å²) in [6.07, 6.45) is 3.52. The molecule has 0 bridgehead atoms. The number of fused-ring (bicyclic) bond motifs is 1. The number of aryl methyl sites for hydroxylation is 1. The third kappa shape index (κ3) is 2.60. The van der Waals surface area contributed by atoms with Gasteiger partial charge in [-0.25, -0.2) is 4.98 Å². The summed E-state index contributed by atoms with van der Waals surface area (Å²) in [5, 5.41) is 11.2. The Morgan fingerprint density at radius 1 is 1.47 bits per heavy atom. The molecule has 0 aromatic carbocycles. The quantitative estimate of drug-likeness (QED) is 0.845. The molecule has 17 heavy (non-hydrogen) atoms. The molecule has 6 nitrogen and oxygen atoms in total. The molecule has 92 valence electrons. The molecule has 0 saturated heterocycles. The van der Waals surface area contributed by atoms with Crippen LogP contribution in [0, 0.1) is 6.92 Å². The van der Waals surface area contributed by atoms with E-state index in [9.17, 15) is 4.21 Å². The summed E-state index contributed by atoms with van der Waals surface area (Å²) in [5.74, 6) is 2.80. The van der Waals surface area contributed by atoms with Crippen LogP contribution in [-0.2, 0) is 10.8 Å². The van der Waals surface area contributed by atoms with E-state index in [1.54, 1.807) is 6.20 Å². The molecule has 2 aromatic heterocycles. The fourth-order valence-electron chi connectivity index (χ4n) is 1.49. The van der Waals surface area contributed by atoms with Crippen molar-refractivity contribution in [2.45, 2.75) is 13.8 Å². The lowest BCUT2D eigenvalue weighted by Gasteiger charge is -2.05. The van der Waals surface area contributed by atoms with Gasteiger partial charge < -0.3 is 5.32 Å². The van der Waals surface area contributed by atoms with Gasteiger partial charge in [-0.15, -0.1) is 10.2 Å². The second-order valence-corrected chi connectivity index (χ2v) is 5.44. The van der Waals surface area contributed by atoms with Crippen LogP contribution < -0.4 is 5.32 Å². The van der Waals surface area contributed by atoms with Crippen molar-refractivity contribution in [3.63, 3.8) is 0 Å². The Hall–Kier alpha value is -1.50. The van der Waals surface area contributed by atoms with Gasteiger partial charge >= 0.3 is 0 Å². The molecule has 7 heteroatoms. The Kier molecular flexibility index (Phi) is 3.68. The molecule has 2 heterocycles. The SMILES string of the molecule is CCS(=O)CCNc1nccn2c(C)nnc12. The zero-order valence-corrected chi connectivity index (χ0v) is 10.7. The molecule has 1 unspecified atom stereocenters. The van der Waals surface area contributed by atoms with E-state index in [2.05, 4.69) is 20.5 Å². The first kappa shape index (κ1) is 12.0. The maximum Gasteiger partial charge on any atom is 0.203 e. The number of aromatic nitrogens is 4. The van der Waals surface area contributed by atoms with E-state index in [1.807, 2.05) is 24.4 Å². The normalized spacial score (nSPS) is 12.8. The van der Waals surface area contributed by atoms with E-state index in [0.717, 1.165) is 5.82 Å². The van der Waals surface area contributed by atoms with E-state index < -0.39 is 10.8 Å². The molecule has 1 N–H and O–H groups in total. The van der Waals surface area contributed by atoms with Crippen molar-refractivity contribution >= 4 is 22.3 Å². The van der Waals surface area contributed by atoms with Gasteiger partial charge in [-0.2, -0.15) is 0 Å². The Balaban J connectivity index is 2.11. The average Bonchev–Trinajstić information content (AvgIpc) is 2.72. The molecular formula is C10H15N5OS. The molecule has 0 aliphatic rings. The molecule has 0 radical (unpaired) electrons. The highest BCUT2D eigenvalue weighted by atomic mass is 32.2. The summed E-state index contributed by atoms with van der Waals surface area (Å²) in [4.78, 5) is 4.21. The second-order valence-electron chi connectivity index (χ2n) is 3.58. The predicted octanol–water partition coefficient (Wildman–Crippen LogP) is 0.613. The van der Waals surface area contributed by atoms with Gasteiger partial charge in [0.05, 0.1) is 0 Å². The maximum absolute atomic E-state index is 11.3. The highest BCUT2D eigenvalue weighted by Crippen LogP contribution is 2.11. The van der Waals surface area contributed by atoms with Crippen molar-refractivity contribution in [1.82, 2.24) is 19.6 Å². The molecule has 0 aliphatic heterocycles. The predicted molar refractivity (Wildman–Crippen MR) is 67.6 cm³/mol. The van der Waals surface area contributed by atoms with Crippen molar-refractivity contribution in [2.75, 3.05) is 23.4 Å². The highest BCUT2D eigenvalue weighted by Gasteiger charge is 2.07. The van der Waals surface area contributed by atoms with Crippen LogP contribution in [0.4, 0.5) is 5.82 Å². The van der Waals surface area contributed by atoms with Crippen LogP contribution in [0.2, 0.25) is 0 Å². The van der Waals surface area contributed by atoms with Crippen molar-refractivity contribution < 1.29 is 4.21 Å². The van der Waals surface area contributed by atoms with Gasteiger partial charge in [-0.3, -0.25) is 8.61 Å². The van der Waals surface area contributed by atoms with Gasteiger partial charge in [0.2, 0.25) is 5.65 Å². The standard InChI is InChI=1S/C10H15N5OS/c1-3-17(16)7-5-12-9-10-14-13-8(2)15(10)6-4-11-9/h4,6H,3,5,7H2,1-2H3,(H,11,12). The van der Waals surface area contributed by atoms with Gasteiger partial charge in [0.15, 0.2) is 5.82 Å². The first-order chi connectivity index (χ1) is 8.22. The minimum atomic E-state index is -0.762. The first-order valence-electron chi connectivity index (χ1n) is 5.47. The highest BCUT2D eigenvalue weighted by molar-refractivity contribution is 7.84. The van der Waals surface area contributed by atoms with E-state index >= 15 is 0 Å². The molecule has 2 rings (SSSR count). The average molecular weight is 253 g/mol. The number of hydrogen-bond donors (Lipinski definition) is 1. The molecule has 0 saturated carbocycles. The number of anilines is 1. The zero-order chi connectivity index (χ0) is 12.3. The summed E-state index contributed by atoms with van der Waals surface area (Å²) in [6.45, 7) is 4.42. The van der Waals surface area contributed by atoms with Crippen molar-refractivity contribution in [3.8, 4) is 0 Å². The zero-order valence-electron chi connectivity index (χ0n) is 9.88. The second kappa shape index (κ2) is 5.22. The fraction of sp³-hybridized carbons (Fsp3) is 0.500. The Morgan fingerprint density at radius 2 is 2.29 bits per heavy atom. The minimum Gasteiger partial charge on any atom is -0.366 e. The Bertz CT molecular complexity index is 538. The van der Waals surface area contributed by atoms with Gasteiger partial charge in [-0.05, 0) is 6.92 Å². The van der Waals surface area contributed by atoms with E-state index in [0.29, 0.717) is 29.5 Å². The van der Waals surface area contributed by atoms with Gasteiger partial charge in [0.25, 0.3) is 0 Å². The molecule has 2 aromatic rings. The molecule has 1 atom stereocenters. The van der Waals surface area contributed by atoms with Crippen LogP contribution in [0.5, 0.6) is 0 Å².